The lowest BCUT2D eigenvalue weighted by Gasteiger charge is -2.22. The van der Waals surface area contributed by atoms with Crippen LogP contribution in [-0.2, 0) is 20.6 Å². The fourth-order valence-electron chi connectivity index (χ4n) is 2.84. The molecule has 0 saturated carbocycles. The number of ether oxygens (including phenoxy) is 3. The molecule has 23 heavy (non-hydrogen) atoms. The van der Waals surface area contributed by atoms with Crippen molar-refractivity contribution in [2.75, 3.05) is 26.4 Å². The molecule has 1 atom stereocenters. The molecule has 0 radical (unpaired) electrons. The zero-order valence-electron chi connectivity index (χ0n) is 14.4. The van der Waals surface area contributed by atoms with E-state index in [0.717, 1.165) is 58.5 Å². The number of unbranched alkanes of at least 4 members (excludes halogenated alkanes) is 3. The highest BCUT2D eigenvalue weighted by atomic mass is 16.7. The van der Waals surface area contributed by atoms with E-state index < -0.39 is 0 Å². The minimum atomic E-state index is 0.0664. The standard InChI is InChI=1S/C20H32O3/c1(2-8-17-22-20-14-6-9-18-23-20)7-15-21-16-10-13-19-11-4-3-5-12-19/h3-5,11-12,20H,1-2,6-10,13-18H2. The second-order valence-electron chi connectivity index (χ2n) is 6.28. The predicted octanol–water partition coefficient (Wildman–Crippen LogP) is 4.74. The number of hydrogen-bond donors (Lipinski definition) is 0. The highest BCUT2D eigenvalue weighted by Crippen LogP contribution is 2.14. The number of rotatable bonds is 12. The summed E-state index contributed by atoms with van der Waals surface area (Å²) in [5.41, 5.74) is 1.40. The summed E-state index contributed by atoms with van der Waals surface area (Å²) in [5, 5.41) is 0. The Balaban J connectivity index is 1.30. The molecular formula is C20H32O3. The van der Waals surface area contributed by atoms with Gasteiger partial charge in [0.25, 0.3) is 0 Å². The van der Waals surface area contributed by atoms with E-state index in [9.17, 15) is 0 Å². The van der Waals surface area contributed by atoms with Crippen LogP contribution in [0.1, 0.15) is 56.9 Å². The third-order valence-corrected chi connectivity index (χ3v) is 4.22. The molecule has 0 amide bonds. The molecule has 1 aliphatic heterocycles. The van der Waals surface area contributed by atoms with Crippen molar-refractivity contribution in [1.29, 1.82) is 0 Å². The Morgan fingerprint density at radius 2 is 1.65 bits per heavy atom. The average molecular weight is 320 g/mol. The molecule has 3 nitrogen and oxygen atoms in total. The third-order valence-electron chi connectivity index (χ3n) is 4.22. The van der Waals surface area contributed by atoms with Crippen LogP contribution in [0.15, 0.2) is 30.3 Å². The van der Waals surface area contributed by atoms with Crippen molar-refractivity contribution in [1.82, 2.24) is 0 Å². The second-order valence-corrected chi connectivity index (χ2v) is 6.28. The topological polar surface area (TPSA) is 27.7 Å². The van der Waals surface area contributed by atoms with E-state index in [2.05, 4.69) is 30.3 Å². The molecule has 0 bridgehead atoms. The van der Waals surface area contributed by atoms with Crippen LogP contribution in [0.2, 0.25) is 0 Å². The average Bonchev–Trinajstić information content (AvgIpc) is 2.61. The predicted molar refractivity (Wildman–Crippen MR) is 93.6 cm³/mol. The highest BCUT2D eigenvalue weighted by Gasteiger charge is 2.13. The smallest absolute Gasteiger partial charge is 0.157 e. The van der Waals surface area contributed by atoms with E-state index >= 15 is 0 Å². The van der Waals surface area contributed by atoms with Gasteiger partial charge in [-0.25, -0.2) is 0 Å². The molecule has 1 unspecified atom stereocenters. The Morgan fingerprint density at radius 1 is 0.870 bits per heavy atom. The van der Waals surface area contributed by atoms with Crippen LogP contribution >= 0.6 is 0 Å². The van der Waals surface area contributed by atoms with Crippen molar-refractivity contribution < 1.29 is 14.2 Å². The molecule has 1 saturated heterocycles. The van der Waals surface area contributed by atoms with Crippen LogP contribution in [0.5, 0.6) is 0 Å². The lowest BCUT2D eigenvalue weighted by molar-refractivity contribution is -0.162. The van der Waals surface area contributed by atoms with Crippen molar-refractivity contribution >= 4 is 0 Å². The summed E-state index contributed by atoms with van der Waals surface area (Å²) in [7, 11) is 0. The molecule has 1 aromatic carbocycles. The maximum atomic E-state index is 5.73. The molecule has 2 rings (SSSR count). The molecular weight excluding hydrogens is 288 g/mol. The Morgan fingerprint density at radius 3 is 2.43 bits per heavy atom. The van der Waals surface area contributed by atoms with Crippen LogP contribution in [-0.4, -0.2) is 32.7 Å². The maximum absolute atomic E-state index is 5.73. The van der Waals surface area contributed by atoms with Crippen molar-refractivity contribution in [2.24, 2.45) is 0 Å². The van der Waals surface area contributed by atoms with Gasteiger partial charge in [-0.15, -0.1) is 0 Å². The molecule has 1 fully saturated rings. The second kappa shape index (κ2) is 12.5. The van der Waals surface area contributed by atoms with E-state index in [1.807, 2.05) is 0 Å². The Hall–Kier alpha value is -0.900. The number of hydrogen-bond acceptors (Lipinski definition) is 3. The zero-order valence-corrected chi connectivity index (χ0v) is 14.4. The SMILES string of the molecule is c1ccc(CCCOCCCCCCOC2CCCCO2)cc1. The van der Waals surface area contributed by atoms with E-state index in [4.69, 9.17) is 14.2 Å². The molecule has 1 aliphatic rings. The van der Waals surface area contributed by atoms with Crippen LogP contribution in [0, 0.1) is 0 Å². The van der Waals surface area contributed by atoms with Crippen molar-refractivity contribution in [2.45, 2.75) is 64.1 Å². The van der Waals surface area contributed by atoms with Gasteiger partial charge in [0, 0.05) is 26.4 Å². The van der Waals surface area contributed by atoms with Gasteiger partial charge in [0.1, 0.15) is 0 Å². The van der Waals surface area contributed by atoms with Gasteiger partial charge in [0.2, 0.25) is 0 Å². The third kappa shape index (κ3) is 9.09. The van der Waals surface area contributed by atoms with Crippen molar-refractivity contribution in [3.05, 3.63) is 35.9 Å². The monoisotopic (exact) mass is 320 g/mol. The largest absolute Gasteiger partial charge is 0.381 e. The van der Waals surface area contributed by atoms with Gasteiger partial charge < -0.3 is 14.2 Å². The lowest BCUT2D eigenvalue weighted by Crippen LogP contribution is -2.22. The number of benzene rings is 1. The van der Waals surface area contributed by atoms with Gasteiger partial charge in [-0.3, -0.25) is 0 Å². The highest BCUT2D eigenvalue weighted by molar-refractivity contribution is 5.14. The van der Waals surface area contributed by atoms with Crippen LogP contribution in [0.3, 0.4) is 0 Å². The van der Waals surface area contributed by atoms with Gasteiger partial charge in [0.15, 0.2) is 6.29 Å². The van der Waals surface area contributed by atoms with Gasteiger partial charge in [-0.05, 0) is 50.5 Å². The minimum absolute atomic E-state index is 0.0664. The van der Waals surface area contributed by atoms with Crippen molar-refractivity contribution in [3.63, 3.8) is 0 Å². The fraction of sp³-hybridized carbons (Fsp3) is 0.700. The summed E-state index contributed by atoms with van der Waals surface area (Å²) in [6.45, 7) is 3.47. The molecule has 0 spiro atoms. The van der Waals surface area contributed by atoms with Crippen molar-refractivity contribution in [3.8, 4) is 0 Å². The first-order valence-electron chi connectivity index (χ1n) is 9.30. The summed E-state index contributed by atoms with van der Waals surface area (Å²) in [6.07, 6.45) is 10.5. The normalized spacial score (nSPS) is 18.2. The molecule has 0 aliphatic carbocycles. The van der Waals surface area contributed by atoms with Crippen LogP contribution in [0.25, 0.3) is 0 Å². The van der Waals surface area contributed by atoms with E-state index in [-0.39, 0.29) is 6.29 Å². The Bertz CT molecular complexity index is 374. The van der Waals surface area contributed by atoms with Gasteiger partial charge >= 0.3 is 0 Å². The summed E-state index contributed by atoms with van der Waals surface area (Å²) in [5.74, 6) is 0. The first-order chi connectivity index (χ1) is 11.4. The van der Waals surface area contributed by atoms with E-state index in [1.165, 1.54) is 31.2 Å². The molecule has 130 valence electrons. The van der Waals surface area contributed by atoms with Gasteiger partial charge in [-0.1, -0.05) is 43.2 Å². The fourth-order valence-corrected chi connectivity index (χ4v) is 2.84. The molecule has 1 heterocycles. The molecule has 1 aromatic rings. The quantitative estimate of drug-likeness (QED) is 0.521. The minimum Gasteiger partial charge on any atom is -0.381 e. The van der Waals surface area contributed by atoms with Crippen LogP contribution in [0.4, 0.5) is 0 Å². The first-order valence-corrected chi connectivity index (χ1v) is 9.30. The first kappa shape index (κ1) is 18.4. The summed E-state index contributed by atoms with van der Waals surface area (Å²) >= 11 is 0. The van der Waals surface area contributed by atoms with E-state index in [0.29, 0.717) is 0 Å². The van der Waals surface area contributed by atoms with Gasteiger partial charge in [0.05, 0.1) is 0 Å². The Kier molecular flexibility index (Phi) is 10.0. The molecule has 0 aromatic heterocycles. The maximum Gasteiger partial charge on any atom is 0.157 e. The van der Waals surface area contributed by atoms with Gasteiger partial charge in [-0.2, -0.15) is 0 Å². The molecule has 3 heteroatoms. The van der Waals surface area contributed by atoms with Crippen LogP contribution < -0.4 is 0 Å². The summed E-state index contributed by atoms with van der Waals surface area (Å²) in [6, 6.07) is 10.6. The number of aryl methyl sites for hydroxylation is 1. The lowest BCUT2D eigenvalue weighted by atomic mass is 10.1. The summed E-state index contributed by atoms with van der Waals surface area (Å²) in [4.78, 5) is 0. The zero-order chi connectivity index (χ0) is 16.0. The Labute approximate surface area is 141 Å². The van der Waals surface area contributed by atoms with E-state index in [1.54, 1.807) is 0 Å². The molecule has 0 N–H and O–H groups in total. The summed E-state index contributed by atoms with van der Waals surface area (Å²) < 4.78 is 17.0.